The number of rotatable bonds is 9. The molecule has 4 nitrogen and oxygen atoms in total. The number of pyridine rings is 1. The van der Waals surface area contributed by atoms with E-state index in [1.165, 1.54) is 30.5 Å². The minimum atomic E-state index is 0.492. The number of hydrogen-bond donors (Lipinski definition) is 1. The molecule has 1 atom stereocenters. The molecule has 124 valence electrons. The van der Waals surface area contributed by atoms with E-state index < -0.39 is 0 Å². The second kappa shape index (κ2) is 9.11. The van der Waals surface area contributed by atoms with Crippen molar-refractivity contribution >= 4 is 5.82 Å². The first-order valence-corrected chi connectivity index (χ1v) is 8.71. The summed E-state index contributed by atoms with van der Waals surface area (Å²) in [6, 6.07) is 4.94. The molecule has 0 fully saturated rings. The summed E-state index contributed by atoms with van der Waals surface area (Å²) in [5.74, 6) is 1.12. The summed E-state index contributed by atoms with van der Waals surface area (Å²) < 4.78 is 5.49. The van der Waals surface area contributed by atoms with Crippen molar-refractivity contribution in [2.45, 2.75) is 52.0 Å². The van der Waals surface area contributed by atoms with Crippen LogP contribution >= 0.6 is 0 Å². The Morgan fingerprint density at radius 2 is 2.23 bits per heavy atom. The van der Waals surface area contributed by atoms with E-state index in [2.05, 4.69) is 36.3 Å². The number of anilines is 1. The number of nitrogens with one attached hydrogen (secondary N) is 1. The van der Waals surface area contributed by atoms with Crippen molar-refractivity contribution in [2.24, 2.45) is 0 Å². The van der Waals surface area contributed by atoms with Crippen LogP contribution in [-0.2, 0) is 17.6 Å². The molecule has 1 aromatic rings. The fourth-order valence-electron chi connectivity index (χ4n) is 2.81. The highest BCUT2D eigenvalue weighted by molar-refractivity contribution is 5.46. The maximum atomic E-state index is 5.49. The molecule has 0 saturated carbocycles. The molecule has 0 amide bonds. The highest BCUT2D eigenvalue weighted by atomic mass is 16.5. The van der Waals surface area contributed by atoms with Crippen LogP contribution in [0.25, 0.3) is 0 Å². The highest BCUT2D eigenvalue weighted by Gasteiger charge is 2.11. The molecule has 1 N–H and O–H groups in total. The van der Waals surface area contributed by atoms with Crippen molar-refractivity contribution in [2.75, 3.05) is 38.7 Å². The molecule has 0 aromatic carbocycles. The SMILES string of the molecule is CCOCC(C)N(C)CCCCc1ccc2c(n1)NCCC2. The second-order valence-corrected chi connectivity index (χ2v) is 6.29. The number of fused-ring (bicyclic) bond motifs is 1. The van der Waals surface area contributed by atoms with Gasteiger partial charge in [-0.25, -0.2) is 4.98 Å². The average molecular weight is 305 g/mol. The summed E-state index contributed by atoms with van der Waals surface area (Å²) in [6.07, 6.45) is 5.86. The lowest BCUT2D eigenvalue weighted by molar-refractivity contribution is 0.0845. The third kappa shape index (κ3) is 5.25. The molecule has 0 bridgehead atoms. The van der Waals surface area contributed by atoms with Crippen LogP contribution in [0.1, 0.15) is 44.4 Å². The van der Waals surface area contributed by atoms with Crippen LogP contribution in [0.2, 0.25) is 0 Å². The Balaban J connectivity index is 1.68. The molecule has 1 aliphatic heterocycles. The lowest BCUT2D eigenvalue weighted by atomic mass is 10.1. The standard InChI is InChI=1S/C18H31N3O/c1-4-22-14-15(2)21(3)13-6-5-9-17-11-10-16-8-7-12-19-18(16)20-17/h10-11,15H,4-9,12-14H2,1-3H3,(H,19,20). The fourth-order valence-corrected chi connectivity index (χ4v) is 2.81. The number of aromatic nitrogens is 1. The van der Waals surface area contributed by atoms with Gasteiger partial charge in [0.25, 0.3) is 0 Å². The maximum absolute atomic E-state index is 5.49. The Labute approximate surface area is 135 Å². The molecular weight excluding hydrogens is 274 g/mol. The van der Waals surface area contributed by atoms with Crippen LogP contribution in [-0.4, -0.2) is 49.3 Å². The number of likely N-dealkylation sites (N-methyl/N-ethyl adjacent to an activating group) is 1. The van der Waals surface area contributed by atoms with Gasteiger partial charge in [0.1, 0.15) is 5.82 Å². The molecule has 2 heterocycles. The Bertz CT molecular complexity index is 450. The second-order valence-electron chi connectivity index (χ2n) is 6.29. The molecule has 0 spiro atoms. The summed E-state index contributed by atoms with van der Waals surface area (Å²) in [5, 5.41) is 3.41. The van der Waals surface area contributed by atoms with Gasteiger partial charge >= 0.3 is 0 Å². The van der Waals surface area contributed by atoms with Gasteiger partial charge in [0.05, 0.1) is 6.61 Å². The summed E-state index contributed by atoms with van der Waals surface area (Å²) in [4.78, 5) is 7.15. The molecular formula is C18H31N3O. The molecule has 0 aliphatic carbocycles. The van der Waals surface area contributed by atoms with Crippen molar-refractivity contribution in [3.63, 3.8) is 0 Å². The van der Waals surface area contributed by atoms with Gasteiger partial charge in [-0.05, 0) is 71.2 Å². The highest BCUT2D eigenvalue weighted by Crippen LogP contribution is 2.20. The van der Waals surface area contributed by atoms with Gasteiger partial charge in [-0.1, -0.05) is 6.07 Å². The molecule has 4 heteroatoms. The van der Waals surface area contributed by atoms with Crippen LogP contribution in [0.5, 0.6) is 0 Å². The van der Waals surface area contributed by atoms with Gasteiger partial charge < -0.3 is 15.0 Å². The maximum Gasteiger partial charge on any atom is 0.129 e. The fraction of sp³-hybridized carbons (Fsp3) is 0.722. The zero-order chi connectivity index (χ0) is 15.8. The summed E-state index contributed by atoms with van der Waals surface area (Å²) in [6.45, 7) is 8.09. The van der Waals surface area contributed by atoms with Crippen LogP contribution in [0.15, 0.2) is 12.1 Å². The van der Waals surface area contributed by atoms with Crippen LogP contribution in [0, 0.1) is 0 Å². The Hall–Kier alpha value is -1.13. The van der Waals surface area contributed by atoms with E-state index in [9.17, 15) is 0 Å². The molecule has 22 heavy (non-hydrogen) atoms. The zero-order valence-electron chi connectivity index (χ0n) is 14.4. The monoisotopic (exact) mass is 305 g/mol. The average Bonchev–Trinajstić information content (AvgIpc) is 2.56. The number of nitrogens with zero attached hydrogens (tertiary/aromatic N) is 2. The lowest BCUT2D eigenvalue weighted by Gasteiger charge is -2.24. The van der Waals surface area contributed by atoms with E-state index in [4.69, 9.17) is 9.72 Å². The van der Waals surface area contributed by atoms with E-state index >= 15 is 0 Å². The minimum Gasteiger partial charge on any atom is -0.380 e. The normalized spacial score (nSPS) is 15.5. The van der Waals surface area contributed by atoms with Gasteiger partial charge in [0, 0.05) is 24.9 Å². The number of hydrogen-bond acceptors (Lipinski definition) is 4. The van der Waals surface area contributed by atoms with Crippen molar-refractivity contribution in [3.05, 3.63) is 23.4 Å². The first-order chi connectivity index (χ1) is 10.7. The summed E-state index contributed by atoms with van der Waals surface area (Å²) in [5.41, 5.74) is 2.60. The van der Waals surface area contributed by atoms with Gasteiger partial charge in [0.15, 0.2) is 0 Å². The minimum absolute atomic E-state index is 0.492. The third-order valence-corrected chi connectivity index (χ3v) is 4.46. The first kappa shape index (κ1) is 17.2. The first-order valence-electron chi connectivity index (χ1n) is 8.71. The molecule has 0 saturated heterocycles. The van der Waals surface area contributed by atoms with E-state index in [-0.39, 0.29) is 0 Å². The van der Waals surface area contributed by atoms with Crippen LogP contribution < -0.4 is 5.32 Å². The van der Waals surface area contributed by atoms with Crippen LogP contribution in [0.4, 0.5) is 5.82 Å². The van der Waals surface area contributed by atoms with Crippen molar-refractivity contribution in [1.82, 2.24) is 9.88 Å². The molecule has 1 aliphatic rings. The van der Waals surface area contributed by atoms with Gasteiger partial charge in [-0.15, -0.1) is 0 Å². The van der Waals surface area contributed by atoms with Gasteiger partial charge in [0.2, 0.25) is 0 Å². The predicted molar refractivity (Wildman–Crippen MR) is 92.6 cm³/mol. The Morgan fingerprint density at radius 3 is 3.05 bits per heavy atom. The number of aryl methyl sites for hydroxylation is 2. The lowest BCUT2D eigenvalue weighted by Crippen LogP contribution is -2.33. The van der Waals surface area contributed by atoms with E-state index in [1.54, 1.807) is 0 Å². The Kier molecular flexibility index (Phi) is 7.13. The zero-order valence-corrected chi connectivity index (χ0v) is 14.4. The summed E-state index contributed by atoms with van der Waals surface area (Å²) >= 11 is 0. The number of ether oxygens (including phenoxy) is 1. The largest absolute Gasteiger partial charge is 0.380 e. The number of unbranched alkanes of at least 4 members (excludes halogenated alkanes) is 1. The van der Waals surface area contributed by atoms with E-state index in [1.807, 2.05) is 6.92 Å². The molecule has 0 radical (unpaired) electrons. The quantitative estimate of drug-likeness (QED) is 0.711. The predicted octanol–water partition coefficient (Wildman–Crippen LogP) is 3.12. The van der Waals surface area contributed by atoms with Gasteiger partial charge in [-0.3, -0.25) is 0 Å². The third-order valence-electron chi connectivity index (χ3n) is 4.46. The van der Waals surface area contributed by atoms with Crippen molar-refractivity contribution < 1.29 is 4.74 Å². The van der Waals surface area contributed by atoms with Crippen LogP contribution in [0.3, 0.4) is 0 Å². The van der Waals surface area contributed by atoms with Gasteiger partial charge in [-0.2, -0.15) is 0 Å². The molecule has 1 unspecified atom stereocenters. The molecule has 1 aromatic heterocycles. The smallest absolute Gasteiger partial charge is 0.129 e. The summed E-state index contributed by atoms with van der Waals surface area (Å²) in [7, 11) is 2.19. The molecule has 2 rings (SSSR count). The van der Waals surface area contributed by atoms with Crippen molar-refractivity contribution in [1.29, 1.82) is 0 Å². The van der Waals surface area contributed by atoms with E-state index in [0.29, 0.717) is 6.04 Å². The van der Waals surface area contributed by atoms with Crippen molar-refractivity contribution in [3.8, 4) is 0 Å². The van der Waals surface area contributed by atoms with E-state index in [0.717, 1.165) is 45.0 Å². The topological polar surface area (TPSA) is 37.4 Å². The Morgan fingerprint density at radius 1 is 1.36 bits per heavy atom.